The van der Waals surface area contributed by atoms with Crippen LogP contribution in [0.1, 0.15) is 30.1 Å². The van der Waals surface area contributed by atoms with Crippen molar-refractivity contribution in [3.63, 3.8) is 0 Å². The molecule has 1 fully saturated rings. The van der Waals surface area contributed by atoms with Crippen molar-refractivity contribution in [2.75, 3.05) is 19.8 Å². The first-order valence-electron chi connectivity index (χ1n) is 8.31. The van der Waals surface area contributed by atoms with Gasteiger partial charge in [-0.05, 0) is 24.0 Å². The maximum absolute atomic E-state index is 12.1. The number of hydrogen-bond donors (Lipinski definition) is 2. The number of rotatable bonds is 8. The van der Waals surface area contributed by atoms with Crippen molar-refractivity contribution in [3.05, 3.63) is 71.8 Å². The van der Waals surface area contributed by atoms with Gasteiger partial charge in [0.1, 0.15) is 12.7 Å². The van der Waals surface area contributed by atoms with Gasteiger partial charge >= 0.3 is 0 Å². The Morgan fingerprint density at radius 2 is 1.58 bits per heavy atom. The van der Waals surface area contributed by atoms with Crippen LogP contribution in [0.4, 0.5) is 0 Å². The van der Waals surface area contributed by atoms with E-state index in [1.54, 1.807) is 0 Å². The van der Waals surface area contributed by atoms with Crippen LogP contribution in [0.15, 0.2) is 60.7 Å². The molecule has 1 saturated carbocycles. The summed E-state index contributed by atoms with van der Waals surface area (Å²) >= 11 is 0. The highest BCUT2D eigenvalue weighted by Gasteiger charge is 2.42. The summed E-state index contributed by atoms with van der Waals surface area (Å²) in [5.74, 6) is -0.147. The molecule has 0 atom stereocenters. The SMILES string of the molecule is O=C(COC(c1ccccc1)c1ccccc1)NCC1(CO)CC1. The van der Waals surface area contributed by atoms with Crippen LogP contribution in [-0.2, 0) is 9.53 Å². The lowest BCUT2D eigenvalue weighted by atomic mass is 10.0. The monoisotopic (exact) mass is 325 g/mol. The van der Waals surface area contributed by atoms with Gasteiger partial charge < -0.3 is 15.2 Å². The van der Waals surface area contributed by atoms with Gasteiger partial charge in [0.05, 0.1) is 6.61 Å². The summed E-state index contributed by atoms with van der Waals surface area (Å²) in [6.07, 6.45) is 1.67. The van der Waals surface area contributed by atoms with Crippen LogP contribution in [0.25, 0.3) is 0 Å². The Morgan fingerprint density at radius 3 is 2.04 bits per heavy atom. The molecule has 0 unspecified atom stereocenters. The second-order valence-corrected chi connectivity index (χ2v) is 6.45. The van der Waals surface area contributed by atoms with E-state index in [1.807, 2.05) is 60.7 Å². The normalized spacial score (nSPS) is 15.2. The minimum Gasteiger partial charge on any atom is -0.396 e. The predicted molar refractivity (Wildman–Crippen MR) is 92.4 cm³/mol. The molecule has 2 aromatic carbocycles. The molecule has 4 nitrogen and oxygen atoms in total. The van der Waals surface area contributed by atoms with E-state index in [1.165, 1.54) is 0 Å². The van der Waals surface area contributed by atoms with Crippen LogP contribution >= 0.6 is 0 Å². The highest BCUT2D eigenvalue weighted by Crippen LogP contribution is 2.44. The zero-order chi connectivity index (χ0) is 16.8. The van der Waals surface area contributed by atoms with E-state index in [4.69, 9.17) is 4.74 Å². The van der Waals surface area contributed by atoms with Crippen molar-refractivity contribution < 1.29 is 14.6 Å². The summed E-state index contributed by atoms with van der Waals surface area (Å²) in [4.78, 5) is 12.1. The number of aliphatic hydroxyl groups excluding tert-OH is 1. The molecule has 0 radical (unpaired) electrons. The van der Waals surface area contributed by atoms with E-state index in [0.29, 0.717) is 6.54 Å². The number of hydrogen-bond acceptors (Lipinski definition) is 3. The highest BCUT2D eigenvalue weighted by molar-refractivity contribution is 5.77. The van der Waals surface area contributed by atoms with Gasteiger partial charge in [0, 0.05) is 12.0 Å². The molecule has 126 valence electrons. The van der Waals surface area contributed by atoms with E-state index in [2.05, 4.69) is 5.32 Å². The zero-order valence-corrected chi connectivity index (χ0v) is 13.7. The average molecular weight is 325 g/mol. The summed E-state index contributed by atoms with van der Waals surface area (Å²) < 4.78 is 5.92. The smallest absolute Gasteiger partial charge is 0.246 e. The van der Waals surface area contributed by atoms with Gasteiger partial charge in [-0.3, -0.25) is 4.79 Å². The lowest BCUT2D eigenvalue weighted by Crippen LogP contribution is -2.34. The molecule has 4 heteroatoms. The highest BCUT2D eigenvalue weighted by atomic mass is 16.5. The van der Waals surface area contributed by atoms with Gasteiger partial charge in [0.2, 0.25) is 5.91 Å². The third-order valence-electron chi connectivity index (χ3n) is 4.54. The Labute approximate surface area is 142 Å². The lowest BCUT2D eigenvalue weighted by Gasteiger charge is -2.19. The first-order chi connectivity index (χ1) is 11.7. The second-order valence-electron chi connectivity index (χ2n) is 6.45. The Kier molecular flexibility index (Phi) is 5.28. The van der Waals surface area contributed by atoms with Crippen molar-refractivity contribution in [2.45, 2.75) is 18.9 Å². The van der Waals surface area contributed by atoms with Crippen LogP contribution in [-0.4, -0.2) is 30.8 Å². The largest absolute Gasteiger partial charge is 0.396 e. The van der Waals surface area contributed by atoms with Crippen LogP contribution < -0.4 is 5.32 Å². The average Bonchev–Trinajstić information content (AvgIpc) is 3.43. The third-order valence-corrected chi connectivity index (χ3v) is 4.54. The molecule has 1 aliphatic rings. The Bertz CT molecular complexity index is 614. The maximum Gasteiger partial charge on any atom is 0.246 e. The first-order valence-corrected chi connectivity index (χ1v) is 8.31. The van der Waals surface area contributed by atoms with Crippen LogP contribution in [0.3, 0.4) is 0 Å². The number of nitrogens with one attached hydrogen (secondary N) is 1. The fourth-order valence-electron chi connectivity index (χ4n) is 2.70. The molecule has 0 heterocycles. The van der Waals surface area contributed by atoms with Gasteiger partial charge in [-0.2, -0.15) is 0 Å². The van der Waals surface area contributed by atoms with E-state index >= 15 is 0 Å². The molecule has 1 aliphatic carbocycles. The minimum atomic E-state index is -0.272. The number of benzene rings is 2. The second kappa shape index (κ2) is 7.60. The van der Waals surface area contributed by atoms with E-state index in [-0.39, 0.29) is 30.6 Å². The summed E-state index contributed by atoms with van der Waals surface area (Å²) in [5.41, 5.74) is 1.95. The van der Waals surface area contributed by atoms with Gasteiger partial charge in [0.25, 0.3) is 0 Å². The summed E-state index contributed by atoms with van der Waals surface area (Å²) in [7, 11) is 0. The predicted octanol–water partition coefficient (Wildman–Crippen LogP) is 2.68. The Morgan fingerprint density at radius 1 is 1.04 bits per heavy atom. The summed E-state index contributed by atoms with van der Waals surface area (Å²) in [5, 5.41) is 12.2. The van der Waals surface area contributed by atoms with E-state index in [0.717, 1.165) is 24.0 Å². The maximum atomic E-state index is 12.1. The topological polar surface area (TPSA) is 58.6 Å². The number of carbonyl (C=O) groups excluding carboxylic acids is 1. The van der Waals surface area contributed by atoms with Crippen molar-refractivity contribution >= 4 is 5.91 Å². The van der Waals surface area contributed by atoms with Crippen molar-refractivity contribution in [2.24, 2.45) is 5.41 Å². The van der Waals surface area contributed by atoms with Crippen molar-refractivity contribution in [3.8, 4) is 0 Å². The van der Waals surface area contributed by atoms with Gasteiger partial charge in [-0.1, -0.05) is 60.7 Å². The number of amides is 1. The molecule has 3 rings (SSSR count). The summed E-state index contributed by atoms with van der Waals surface area (Å²) in [6, 6.07) is 19.8. The third kappa shape index (κ3) is 4.22. The zero-order valence-electron chi connectivity index (χ0n) is 13.7. The molecular formula is C20H23NO3. The van der Waals surface area contributed by atoms with Crippen LogP contribution in [0, 0.1) is 5.41 Å². The molecule has 0 aliphatic heterocycles. The standard InChI is InChI=1S/C20H23NO3/c22-15-20(11-12-20)14-21-18(23)13-24-19(16-7-3-1-4-8-16)17-9-5-2-6-10-17/h1-10,19,22H,11-15H2,(H,21,23). The van der Waals surface area contributed by atoms with Crippen molar-refractivity contribution in [1.29, 1.82) is 0 Å². The number of ether oxygens (including phenoxy) is 1. The fourth-order valence-corrected chi connectivity index (χ4v) is 2.70. The van der Waals surface area contributed by atoms with E-state index in [9.17, 15) is 9.90 Å². The van der Waals surface area contributed by atoms with Crippen LogP contribution in [0.5, 0.6) is 0 Å². The summed E-state index contributed by atoms with van der Waals surface area (Å²) in [6.45, 7) is 0.647. The van der Waals surface area contributed by atoms with Gasteiger partial charge in [-0.15, -0.1) is 0 Å². The Balaban J connectivity index is 1.61. The molecule has 0 aromatic heterocycles. The molecule has 0 spiro atoms. The minimum absolute atomic E-state index is 0.00400. The molecular weight excluding hydrogens is 302 g/mol. The molecule has 2 aromatic rings. The van der Waals surface area contributed by atoms with Gasteiger partial charge in [0.15, 0.2) is 0 Å². The molecule has 0 bridgehead atoms. The quantitative estimate of drug-likeness (QED) is 0.784. The fraction of sp³-hybridized carbons (Fsp3) is 0.350. The Hall–Kier alpha value is -2.17. The molecule has 24 heavy (non-hydrogen) atoms. The first kappa shape index (κ1) is 16.7. The van der Waals surface area contributed by atoms with E-state index < -0.39 is 0 Å². The van der Waals surface area contributed by atoms with Crippen molar-refractivity contribution in [1.82, 2.24) is 5.32 Å². The van der Waals surface area contributed by atoms with Gasteiger partial charge in [-0.25, -0.2) is 0 Å². The number of carbonyl (C=O) groups is 1. The molecule has 2 N–H and O–H groups in total. The van der Waals surface area contributed by atoms with Crippen LogP contribution in [0.2, 0.25) is 0 Å². The lowest BCUT2D eigenvalue weighted by molar-refractivity contribution is -0.127. The number of aliphatic hydroxyl groups is 1. The molecule has 0 saturated heterocycles. The molecule has 1 amide bonds.